The number of carbonyl (C=O) groups is 1. The maximum absolute atomic E-state index is 13.9. The minimum atomic E-state index is -0.195. The Kier molecular flexibility index (Phi) is 5.50. The fourth-order valence-electron chi connectivity index (χ4n) is 3.12. The maximum Gasteiger partial charge on any atom is 0.279 e. The Morgan fingerprint density at radius 2 is 1.84 bits per heavy atom. The smallest absolute Gasteiger partial charge is 0.279 e. The molecule has 0 bridgehead atoms. The van der Waals surface area contributed by atoms with E-state index in [9.17, 15) is 9.18 Å². The van der Waals surface area contributed by atoms with Gasteiger partial charge in [0.1, 0.15) is 11.6 Å². The first-order chi connectivity index (χ1) is 12.2. The second-order valence-corrected chi connectivity index (χ2v) is 6.11. The van der Waals surface area contributed by atoms with Gasteiger partial charge in [-0.15, -0.1) is 0 Å². The zero-order valence-electron chi connectivity index (χ0n) is 14.3. The van der Waals surface area contributed by atoms with Crippen molar-refractivity contribution in [1.82, 2.24) is 0 Å². The van der Waals surface area contributed by atoms with Crippen molar-refractivity contribution in [3.05, 3.63) is 54.3 Å². The number of carbonyl (C=O) groups excluding carboxylic acids is 1. The van der Waals surface area contributed by atoms with Gasteiger partial charge in [0.2, 0.25) is 0 Å². The van der Waals surface area contributed by atoms with E-state index in [-0.39, 0.29) is 11.7 Å². The lowest BCUT2D eigenvalue weighted by Crippen LogP contribution is -3.15. The Hall–Kier alpha value is -2.60. The zero-order valence-corrected chi connectivity index (χ0v) is 14.3. The number of benzene rings is 2. The molecule has 0 atom stereocenters. The quantitative estimate of drug-likeness (QED) is 0.856. The van der Waals surface area contributed by atoms with Crippen LogP contribution in [0.1, 0.15) is 0 Å². The number of rotatable bonds is 5. The fraction of sp³-hybridized carbons (Fsp3) is 0.316. The summed E-state index contributed by atoms with van der Waals surface area (Å²) < 4.78 is 19.1. The summed E-state index contributed by atoms with van der Waals surface area (Å²) in [6.45, 7) is 3.46. The number of quaternary nitrogens is 1. The van der Waals surface area contributed by atoms with Crippen LogP contribution in [-0.2, 0) is 4.79 Å². The lowest BCUT2D eigenvalue weighted by molar-refractivity contribution is -0.892. The lowest BCUT2D eigenvalue weighted by atomic mass is 10.2. The van der Waals surface area contributed by atoms with E-state index in [0.29, 0.717) is 23.7 Å². The Morgan fingerprint density at radius 1 is 1.16 bits per heavy atom. The van der Waals surface area contributed by atoms with Crippen LogP contribution in [0.5, 0.6) is 5.75 Å². The molecule has 5 nitrogen and oxygen atoms in total. The average molecular weight is 344 g/mol. The third kappa shape index (κ3) is 4.28. The van der Waals surface area contributed by atoms with Crippen molar-refractivity contribution in [1.29, 1.82) is 0 Å². The molecule has 0 radical (unpaired) electrons. The van der Waals surface area contributed by atoms with Crippen LogP contribution in [0, 0.1) is 5.82 Å². The van der Waals surface area contributed by atoms with Gasteiger partial charge in [0.15, 0.2) is 6.54 Å². The molecule has 25 heavy (non-hydrogen) atoms. The van der Waals surface area contributed by atoms with E-state index in [4.69, 9.17) is 4.74 Å². The zero-order chi connectivity index (χ0) is 17.6. The highest BCUT2D eigenvalue weighted by atomic mass is 19.1. The largest absolute Gasteiger partial charge is 0.495 e. The lowest BCUT2D eigenvalue weighted by Gasteiger charge is -2.33. The molecule has 2 aromatic rings. The first kappa shape index (κ1) is 17.2. The summed E-state index contributed by atoms with van der Waals surface area (Å²) in [6, 6.07) is 14.2. The molecule has 2 N–H and O–H groups in total. The number of nitrogens with zero attached hydrogens (tertiary/aromatic N) is 1. The Labute approximate surface area is 147 Å². The summed E-state index contributed by atoms with van der Waals surface area (Å²) in [5.74, 6) is 0.411. The highest BCUT2D eigenvalue weighted by Gasteiger charge is 2.24. The van der Waals surface area contributed by atoms with Crippen LogP contribution in [0.15, 0.2) is 48.5 Å². The van der Waals surface area contributed by atoms with Crippen LogP contribution in [0.25, 0.3) is 0 Å². The van der Waals surface area contributed by atoms with Crippen LogP contribution >= 0.6 is 0 Å². The summed E-state index contributed by atoms with van der Waals surface area (Å²) >= 11 is 0. The third-order valence-electron chi connectivity index (χ3n) is 4.46. The van der Waals surface area contributed by atoms with Gasteiger partial charge in [0, 0.05) is 0 Å². The predicted molar refractivity (Wildman–Crippen MR) is 95.8 cm³/mol. The number of piperazine rings is 1. The van der Waals surface area contributed by atoms with Crippen molar-refractivity contribution in [2.75, 3.05) is 50.1 Å². The fourth-order valence-corrected chi connectivity index (χ4v) is 3.12. The van der Waals surface area contributed by atoms with E-state index in [1.807, 2.05) is 35.2 Å². The number of amides is 1. The standard InChI is InChI=1S/C19H22FN3O2/c1-25-18-9-5-3-7-16(18)21-19(24)14-22-10-12-23(13-11-22)17-8-4-2-6-15(17)20/h2-9H,10-14H2,1H3,(H,21,24)/p+1. The van der Waals surface area contributed by atoms with Crippen molar-refractivity contribution in [2.45, 2.75) is 0 Å². The number of hydrogen-bond donors (Lipinski definition) is 2. The monoisotopic (exact) mass is 344 g/mol. The van der Waals surface area contributed by atoms with Crippen molar-refractivity contribution in [3.63, 3.8) is 0 Å². The molecule has 6 heteroatoms. The summed E-state index contributed by atoms with van der Waals surface area (Å²) in [5, 5.41) is 2.90. The number of ether oxygens (including phenoxy) is 1. The average Bonchev–Trinajstić information content (AvgIpc) is 2.63. The SMILES string of the molecule is COc1ccccc1NC(=O)C[NH+]1CCN(c2ccccc2F)CC1. The molecule has 0 aromatic heterocycles. The van der Waals surface area contributed by atoms with Crippen LogP contribution < -0.4 is 19.9 Å². The Morgan fingerprint density at radius 3 is 2.56 bits per heavy atom. The predicted octanol–water partition coefficient (Wildman–Crippen LogP) is 1.18. The van der Waals surface area contributed by atoms with Crippen LogP contribution in [-0.4, -0.2) is 45.7 Å². The van der Waals surface area contributed by atoms with Gasteiger partial charge >= 0.3 is 0 Å². The van der Waals surface area contributed by atoms with Crippen LogP contribution in [0.3, 0.4) is 0 Å². The van der Waals surface area contributed by atoms with E-state index in [1.54, 1.807) is 19.2 Å². The molecule has 1 heterocycles. The topological polar surface area (TPSA) is 46.0 Å². The number of hydrogen-bond acceptors (Lipinski definition) is 3. The first-order valence-corrected chi connectivity index (χ1v) is 8.43. The maximum atomic E-state index is 13.9. The highest BCUT2D eigenvalue weighted by Crippen LogP contribution is 2.22. The minimum Gasteiger partial charge on any atom is -0.495 e. The van der Waals surface area contributed by atoms with Crippen LogP contribution in [0.4, 0.5) is 15.8 Å². The molecule has 1 saturated heterocycles. The van der Waals surface area contributed by atoms with Crippen molar-refractivity contribution >= 4 is 17.3 Å². The van der Waals surface area contributed by atoms with Gasteiger partial charge < -0.3 is 19.9 Å². The van der Waals surface area contributed by atoms with E-state index in [1.165, 1.54) is 11.0 Å². The molecule has 132 valence electrons. The number of para-hydroxylation sites is 3. The van der Waals surface area contributed by atoms with E-state index < -0.39 is 0 Å². The van der Waals surface area contributed by atoms with E-state index >= 15 is 0 Å². The van der Waals surface area contributed by atoms with Crippen LogP contribution in [0.2, 0.25) is 0 Å². The number of anilines is 2. The highest BCUT2D eigenvalue weighted by molar-refractivity contribution is 5.92. The molecular weight excluding hydrogens is 321 g/mol. The van der Waals surface area contributed by atoms with Gasteiger partial charge in [-0.3, -0.25) is 4.79 Å². The molecule has 1 aliphatic heterocycles. The molecule has 0 unspecified atom stereocenters. The normalized spacial score (nSPS) is 15.0. The number of nitrogens with one attached hydrogen (secondary N) is 2. The summed E-state index contributed by atoms with van der Waals surface area (Å²) in [5.41, 5.74) is 1.32. The molecule has 3 rings (SSSR count). The summed E-state index contributed by atoms with van der Waals surface area (Å²) in [4.78, 5) is 15.5. The first-order valence-electron chi connectivity index (χ1n) is 8.43. The van der Waals surface area contributed by atoms with Gasteiger partial charge in [0.05, 0.1) is 44.7 Å². The summed E-state index contributed by atoms with van der Waals surface area (Å²) in [6.07, 6.45) is 0. The molecule has 0 aliphatic carbocycles. The number of methoxy groups -OCH3 is 1. The second-order valence-electron chi connectivity index (χ2n) is 6.11. The third-order valence-corrected chi connectivity index (χ3v) is 4.46. The molecular formula is C19H23FN3O2+. The number of halogens is 1. The van der Waals surface area contributed by atoms with Crippen molar-refractivity contribution in [2.24, 2.45) is 0 Å². The van der Waals surface area contributed by atoms with Gasteiger partial charge in [0.25, 0.3) is 5.91 Å². The van der Waals surface area contributed by atoms with Crippen molar-refractivity contribution < 1.29 is 18.8 Å². The second kappa shape index (κ2) is 7.98. The van der Waals surface area contributed by atoms with Gasteiger partial charge in [-0.05, 0) is 24.3 Å². The molecule has 1 amide bonds. The molecule has 1 aliphatic rings. The van der Waals surface area contributed by atoms with E-state index in [2.05, 4.69) is 5.32 Å². The molecule has 1 fully saturated rings. The Balaban J connectivity index is 1.52. The van der Waals surface area contributed by atoms with Gasteiger partial charge in [-0.2, -0.15) is 0 Å². The van der Waals surface area contributed by atoms with Gasteiger partial charge in [-0.1, -0.05) is 24.3 Å². The molecule has 2 aromatic carbocycles. The van der Waals surface area contributed by atoms with E-state index in [0.717, 1.165) is 26.2 Å². The minimum absolute atomic E-state index is 0.0427. The Bertz CT molecular complexity index is 730. The van der Waals surface area contributed by atoms with Gasteiger partial charge in [-0.25, -0.2) is 4.39 Å². The molecule has 0 saturated carbocycles. The van der Waals surface area contributed by atoms with Crippen molar-refractivity contribution in [3.8, 4) is 5.75 Å². The molecule has 0 spiro atoms. The summed E-state index contributed by atoms with van der Waals surface area (Å²) in [7, 11) is 1.58.